The van der Waals surface area contributed by atoms with Crippen LogP contribution in [0.5, 0.6) is 0 Å². The lowest BCUT2D eigenvalue weighted by atomic mass is 10.2. The van der Waals surface area contributed by atoms with Gasteiger partial charge in [-0.15, -0.1) is 0 Å². The summed E-state index contributed by atoms with van der Waals surface area (Å²) in [6.45, 7) is 7.27. The molecule has 0 aliphatic heterocycles. The molecule has 4 nitrogen and oxygen atoms in total. The molecule has 5 heteroatoms. The van der Waals surface area contributed by atoms with E-state index in [1.165, 1.54) is 6.42 Å². The molecule has 0 atom stereocenters. The number of aliphatic imine (C=N–C) groups is 1. The van der Waals surface area contributed by atoms with Crippen LogP contribution in [0.15, 0.2) is 29.3 Å². The van der Waals surface area contributed by atoms with E-state index in [2.05, 4.69) is 41.0 Å². The van der Waals surface area contributed by atoms with Crippen LogP contribution in [0.25, 0.3) is 0 Å². The molecule has 0 unspecified atom stereocenters. The van der Waals surface area contributed by atoms with Gasteiger partial charge in [0.2, 0.25) is 0 Å². The van der Waals surface area contributed by atoms with Crippen molar-refractivity contribution in [1.82, 2.24) is 15.1 Å². The molecule has 1 rings (SSSR count). The van der Waals surface area contributed by atoms with Gasteiger partial charge < -0.3 is 15.1 Å². The molecule has 0 radical (unpaired) electrons. The highest BCUT2D eigenvalue weighted by Gasteiger charge is 2.08. The van der Waals surface area contributed by atoms with Gasteiger partial charge >= 0.3 is 0 Å². The average molecular weight is 339 g/mol. The summed E-state index contributed by atoms with van der Waals surface area (Å²) in [7, 11) is 6.03. The summed E-state index contributed by atoms with van der Waals surface area (Å²) < 4.78 is 0. The summed E-state index contributed by atoms with van der Waals surface area (Å²) in [5.74, 6) is 0.905. The zero-order valence-corrected chi connectivity index (χ0v) is 15.9. The van der Waals surface area contributed by atoms with E-state index in [0.717, 1.165) is 42.6 Å². The van der Waals surface area contributed by atoms with Crippen molar-refractivity contribution in [2.45, 2.75) is 39.3 Å². The number of hydrogen-bond acceptors (Lipinski definition) is 2. The van der Waals surface area contributed by atoms with Crippen molar-refractivity contribution in [1.29, 1.82) is 0 Å². The molecule has 1 aromatic carbocycles. The molecule has 0 aromatic heterocycles. The minimum Gasteiger partial charge on any atom is -0.356 e. The largest absolute Gasteiger partial charge is 0.356 e. The van der Waals surface area contributed by atoms with E-state index in [1.807, 2.05) is 38.4 Å². The van der Waals surface area contributed by atoms with Crippen molar-refractivity contribution in [2.75, 3.05) is 34.2 Å². The molecule has 23 heavy (non-hydrogen) atoms. The Labute approximate surface area is 146 Å². The molecule has 0 fully saturated rings. The molecule has 0 saturated heterocycles. The Morgan fingerprint density at radius 2 is 1.91 bits per heavy atom. The maximum Gasteiger partial charge on any atom is 0.193 e. The Morgan fingerprint density at radius 1 is 1.22 bits per heavy atom. The standard InChI is InChI=1S/C18H31ClN4/c1-15(2)22(4)13-9-8-12-21-18(20-3)23(5)14-16-10-6-7-11-17(16)19/h6-7,10-11,15H,8-9,12-14H2,1-5H3,(H,20,21). The average Bonchev–Trinajstić information content (AvgIpc) is 2.52. The van der Waals surface area contributed by atoms with Crippen LogP contribution in [0.1, 0.15) is 32.3 Å². The van der Waals surface area contributed by atoms with Crippen LogP contribution in [-0.2, 0) is 6.54 Å². The van der Waals surface area contributed by atoms with Gasteiger partial charge in [0.15, 0.2) is 5.96 Å². The number of nitrogens with zero attached hydrogens (tertiary/aromatic N) is 3. The summed E-state index contributed by atoms with van der Waals surface area (Å²) >= 11 is 6.23. The Bertz CT molecular complexity index is 488. The van der Waals surface area contributed by atoms with Crippen molar-refractivity contribution in [3.63, 3.8) is 0 Å². The number of rotatable bonds is 8. The molecule has 1 aromatic rings. The summed E-state index contributed by atoms with van der Waals surface area (Å²) in [6, 6.07) is 8.54. The minimum absolute atomic E-state index is 0.609. The minimum atomic E-state index is 0.609. The topological polar surface area (TPSA) is 30.9 Å². The highest BCUT2D eigenvalue weighted by molar-refractivity contribution is 6.31. The number of benzene rings is 1. The number of guanidine groups is 1. The fourth-order valence-electron chi connectivity index (χ4n) is 2.29. The van der Waals surface area contributed by atoms with Crippen LogP contribution >= 0.6 is 11.6 Å². The molecule has 0 amide bonds. The van der Waals surface area contributed by atoms with E-state index < -0.39 is 0 Å². The number of hydrogen-bond donors (Lipinski definition) is 1. The molecule has 0 heterocycles. The lowest BCUT2D eigenvalue weighted by molar-refractivity contribution is 0.268. The van der Waals surface area contributed by atoms with Gasteiger partial charge in [0.05, 0.1) is 0 Å². The van der Waals surface area contributed by atoms with Crippen LogP contribution in [-0.4, -0.2) is 56.0 Å². The molecule has 0 spiro atoms. The third-order valence-electron chi connectivity index (χ3n) is 4.04. The zero-order chi connectivity index (χ0) is 17.2. The van der Waals surface area contributed by atoms with Gasteiger partial charge in [0.1, 0.15) is 0 Å². The monoisotopic (exact) mass is 338 g/mol. The van der Waals surface area contributed by atoms with E-state index in [9.17, 15) is 0 Å². The first-order chi connectivity index (χ1) is 11.0. The van der Waals surface area contributed by atoms with E-state index in [-0.39, 0.29) is 0 Å². The van der Waals surface area contributed by atoms with Gasteiger partial charge in [-0.1, -0.05) is 29.8 Å². The van der Waals surface area contributed by atoms with Gasteiger partial charge in [0, 0.05) is 38.2 Å². The van der Waals surface area contributed by atoms with Crippen molar-refractivity contribution >= 4 is 17.6 Å². The van der Waals surface area contributed by atoms with Gasteiger partial charge in [-0.25, -0.2) is 0 Å². The molecular formula is C18H31ClN4. The summed E-state index contributed by atoms with van der Waals surface area (Å²) in [5, 5.41) is 4.22. The van der Waals surface area contributed by atoms with Crippen molar-refractivity contribution in [3.8, 4) is 0 Å². The Balaban J connectivity index is 2.35. The number of unbranched alkanes of at least 4 members (excludes halogenated alkanes) is 1. The van der Waals surface area contributed by atoms with E-state index >= 15 is 0 Å². The Kier molecular flexibility index (Phi) is 9.03. The summed E-state index contributed by atoms with van der Waals surface area (Å²) in [4.78, 5) is 8.82. The highest BCUT2D eigenvalue weighted by Crippen LogP contribution is 2.16. The fraction of sp³-hybridized carbons (Fsp3) is 0.611. The maximum atomic E-state index is 6.23. The van der Waals surface area contributed by atoms with Crippen LogP contribution in [0.4, 0.5) is 0 Å². The molecular weight excluding hydrogens is 308 g/mol. The predicted molar refractivity (Wildman–Crippen MR) is 101 cm³/mol. The normalized spacial score (nSPS) is 12.1. The zero-order valence-electron chi connectivity index (χ0n) is 15.1. The molecule has 0 aliphatic carbocycles. The summed E-state index contributed by atoms with van der Waals surface area (Å²) in [5.41, 5.74) is 1.11. The lowest BCUT2D eigenvalue weighted by Gasteiger charge is -2.23. The molecule has 1 N–H and O–H groups in total. The third kappa shape index (κ3) is 7.23. The van der Waals surface area contributed by atoms with Crippen LogP contribution in [0.3, 0.4) is 0 Å². The smallest absolute Gasteiger partial charge is 0.193 e. The van der Waals surface area contributed by atoms with E-state index in [1.54, 1.807) is 0 Å². The lowest BCUT2D eigenvalue weighted by Crippen LogP contribution is -2.39. The molecule has 0 bridgehead atoms. The first-order valence-corrected chi connectivity index (χ1v) is 8.69. The summed E-state index contributed by atoms with van der Waals surface area (Å²) in [6.07, 6.45) is 2.32. The first-order valence-electron chi connectivity index (χ1n) is 8.31. The number of halogens is 1. The Morgan fingerprint density at radius 3 is 2.52 bits per heavy atom. The van der Waals surface area contributed by atoms with Crippen LogP contribution in [0.2, 0.25) is 5.02 Å². The van der Waals surface area contributed by atoms with Crippen molar-refractivity contribution in [2.24, 2.45) is 4.99 Å². The predicted octanol–water partition coefficient (Wildman–Crippen LogP) is 3.47. The highest BCUT2D eigenvalue weighted by atomic mass is 35.5. The van der Waals surface area contributed by atoms with Gasteiger partial charge in [-0.3, -0.25) is 4.99 Å². The van der Waals surface area contributed by atoms with Crippen LogP contribution < -0.4 is 5.32 Å². The fourth-order valence-corrected chi connectivity index (χ4v) is 2.48. The quantitative estimate of drug-likeness (QED) is 0.447. The first kappa shape index (κ1) is 19.8. The second-order valence-corrected chi connectivity index (χ2v) is 6.61. The SMILES string of the molecule is CN=C(NCCCCN(C)C(C)C)N(C)Cc1ccccc1Cl. The third-order valence-corrected chi connectivity index (χ3v) is 4.41. The van der Waals surface area contributed by atoms with Gasteiger partial charge in [0.25, 0.3) is 0 Å². The van der Waals surface area contributed by atoms with Gasteiger partial charge in [-0.05, 0) is 51.9 Å². The van der Waals surface area contributed by atoms with E-state index in [0.29, 0.717) is 6.04 Å². The second-order valence-electron chi connectivity index (χ2n) is 6.20. The van der Waals surface area contributed by atoms with E-state index in [4.69, 9.17) is 11.6 Å². The van der Waals surface area contributed by atoms with Gasteiger partial charge in [-0.2, -0.15) is 0 Å². The van der Waals surface area contributed by atoms with Crippen molar-refractivity contribution in [3.05, 3.63) is 34.9 Å². The molecule has 0 saturated carbocycles. The number of nitrogens with one attached hydrogen (secondary N) is 1. The second kappa shape index (κ2) is 10.5. The molecule has 130 valence electrons. The Hall–Kier alpha value is -1.26. The molecule has 0 aliphatic rings. The van der Waals surface area contributed by atoms with Crippen LogP contribution in [0, 0.1) is 0 Å². The van der Waals surface area contributed by atoms with Crippen molar-refractivity contribution < 1.29 is 0 Å². The maximum absolute atomic E-state index is 6.23.